The fraction of sp³-hybridized carbons (Fsp3) is 0.952. The van der Waals surface area contributed by atoms with Gasteiger partial charge in [-0.1, -0.05) is 394 Å². The number of aliphatic hydroxyl groups is 1. The summed E-state index contributed by atoms with van der Waals surface area (Å²) in [6, 6.07) is 0. The monoisotopic (exact) mass is 1490 g/mol. The first kappa shape index (κ1) is 100. The van der Waals surface area contributed by atoms with Crippen LogP contribution in [0, 0.1) is 5.92 Å². The molecule has 0 aliphatic carbocycles. The summed E-state index contributed by atoms with van der Waals surface area (Å²) in [5, 5.41) is 10.6. The molecule has 0 bridgehead atoms. The van der Waals surface area contributed by atoms with Gasteiger partial charge in [-0.05, 0) is 31.6 Å². The molecule has 0 radical (unpaired) electrons. The Labute approximate surface area is 626 Å². The second-order valence-electron chi connectivity index (χ2n) is 30.3. The summed E-state index contributed by atoms with van der Waals surface area (Å²) in [5.74, 6) is -1.37. The maximum Gasteiger partial charge on any atom is 0.472 e. The van der Waals surface area contributed by atoms with E-state index in [-0.39, 0.29) is 25.7 Å². The average molecular weight is 1490 g/mol. The number of rotatable bonds is 83. The molecule has 5 atom stereocenters. The second kappa shape index (κ2) is 75.9. The number of phosphoric acid groups is 2. The van der Waals surface area contributed by atoms with Gasteiger partial charge in [0.25, 0.3) is 0 Å². The van der Waals surface area contributed by atoms with Gasteiger partial charge in [0.05, 0.1) is 26.4 Å². The zero-order valence-electron chi connectivity index (χ0n) is 66.8. The van der Waals surface area contributed by atoms with Crippen LogP contribution in [-0.2, 0) is 65.4 Å². The van der Waals surface area contributed by atoms with Crippen molar-refractivity contribution in [3.8, 4) is 0 Å². The minimum absolute atomic E-state index is 0.106. The van der Waals surface area contributed by atoms with Gasteiger partial charge in [-0.15, -0.1) is 0 Å². The number of aliphatic hydroxyl groups excluding tert-OH is 1. The zero-order chi connectivity index (χ0) is 74.8. The van der Waals surface area contributed by atoms with E-state index in [1.807, 2.05) is 0 Å². The predicted molar refractivity (Wildman–Crippen MR) is 418 cm³/mol. The summed E-state index contributed by atoms with van der Waals surface area (Å²) in [7, 11) is -9.92. The molecule has 0 fully saturated rings. The third-order valence-corrected chi connectivity index (χ3v) is 21.4. The van der Waals surface area contributed by atoms with Gasteiger partial charge in [-0.3, -0.25) is 37.3 Å². The molecule has 0 saturated carbocycles. The van der Waals surface area contributed by atoms with E-state index in [9.17, 15) is 43.2 Å². The van der Waals surface area contributed by atoms with Gasteiger partial charge < -0.3 is 33.8 Å². The first-order chi connectivity index (χ1) is 49.5. The lowest BCUT2D eigenvalue weighted by Gasteiger charge is -2.21. The van der Waals surface area contributed by atoms with E-state index in [2.05, 4.69) is 34.6 Å². The Kier molecular flexibility index (Phi) is 74.4. The number of hydrogen-bond acceptors (Lipinski definition) is 15. The molecule has 19 heteroatoms. The van der Waals surface area contributed by atoms with Gasteiger partial charge in [0.15, 0.2) is 12.2 Å². The summed E-state index contributed by atoms with van der Waals surface area (Å²) in [4.78, 5) is 73.0. The Bertz CT molecular complexity index is 1940. The van der Waals surface area contributed by atoms with Crippen LogP contribution in [0.3, 0.4) is 0 Å². The molecule has 0 aromatic rings. The minimum atomic E-state index is -4.96. The topological polar surface area (TPSA) is 237 Å². The van der Waals surface area contributed by atoms with E-state index < -0.39 is 97.5 Å². The molecule has 17 nitrogen and oxygen atoms in total. The maximum absolute atomic E-state index is 13.1. The molecule has 0 rings (SSSR count). The van der Waals surface area contributed by atoms with Crippen LogP contribution in [-0.4, -0.2) is 96.7 Å². The molecule has 102 heavy (non-hydrogen) atoms. The van der Waals surface area contributed by atoms with Crippen LogP contribution >= 0.6 is 15.6 Å². The van der Waals surface area contributed by atoms with Crippen molar-refractivity contribution < 1.29 is 80.2 Å². The van der Waals surface area contributed by atoms with Crippen LogP contribution in [0.2, 0.25) is 0 Å². The van der Waals surface area contributed by atoms with Crippen LogP contribution in [0.15, 0.2) is 0 Å². The number of ether oxygens (including phenoxy) is 4. The minimum Gasteiger partial charge on any atom is -0.462 e. The smallest absolute Gasteiger partial charge is 0.462 e. The molecular formula is C83H162O17P2. The van der Waals surface area contributed by atoms with Gasteiger partial charge in [-0.25, -0.2) is 9.13 Å². The molecule has 3 N–H and O–H groups in total. The Morgan fingerprint density at radius 1 is 0.265 bits per heavy atom. The molecule has 606 valence electrons. The third kappa shape index (κ3) is 76.3. The number of carbonyl (C=O) groups is 4. The van der Waals surface area contributed by atoms with Gasteiger partial charge >= 0.3 is 39.5 Å². The fourth-order valence-corrected chi connectivity index (χ4v) is 14.5. The highest BCUT2D eigenvalue weighted by Gasteiger charge is 2.30. The number of carbonyl (C=O) groups excluding carboxylic acids is 4. The summed E-state index contributed by atoms with van der Waals surface area (Å²) >= 11 is 0. The first-order valence-corrected chi connectivity index (χ1v) is 46.1. The molecule has 0 aliphatic rings. The SMILES string of the molecule is CCCCCCCCCCCCCCCCCCCCCCCC(=O)O[C@H](COC(=O)CCCCCCCCCCCCCCCCCCCCC)COP(=O)(O)OC[C@@H](O)COP(=O)(O)OC[C@@H](COC(=O)CCCCCCCCCCCC)OC(=O)CCCCCCCCCCCC(C)C. The molecule has 0 spiro atoms. The van der Waals surface area contributed by atoms with Crippen molar-refractivity contribution in [3.05, 3.63) is 0 Å². The van der Waals surface area contributed by atoms with Crippen molar-refractivity contribution in [2.24, 2.45) is 5.92 Å². The summed E-state index contributed by atoms with van der Waals surface area (Å²) < 4.78 is 68.7. The lowest BCUT2D eigenvalue weighted by Crippen LogP contribution is -2.30. The molecule has 0 heterocycles. The van der Waals surface area contributed by atoms with Crippen molar-refractivity contribution in [1.29, 1.82) is 0 Å². The maximum atomic E-state index is 13.1. The van der Waals surface area contributed by atoms with Gasteiger partial charge in [0.2, 0.25) is 0 Å². The number of esters is 4. The van der Waals surface area contributed by atoms with Crippen LogP contribution in [0.25, 0.3) is 0 Å². The summed E-state index contributed by atoms with van der Waals surface area (Å²) in [6.45, 7) is 7.30. The molecule has 0 aromatic carbocycles. The number of phosphoric ester groups is 2. The highest BCUT2D eigenvalue weighted by Crippen LogP contribution is 2.45. The molecule has 2 unspecified atom stereocenters. The third-order valence-electron chi connectivity index (χ3n) is 19.5. The lowest BCUT2D eigenvalue weighted by atomic mass is 10.0. The van der Waals surface area contributed by atoms with E-state index in [0.29, 0.717) is 25.7 Å². The number of unbranched alkanes of at least 4 members (excludes halogenated alkanes) is 55. The highest BCUT2D eigenvalue weighted by atomic mass is 31.2. The van der Waals surface area contributed by atoms with Crippen LogP contribution in [0.5, 0.6) is 0 Å². The largest absolute Gasteiger partial charge is 0.472 e. The van der Waals surface area contributed by atoms with Crippen LogP contribution in [0.4, 0.5) is 0 Å². The molecule has 0 aromatic heterocycles. The summed E-state index contributed by atoms with van der Waals surface area (Å²) in [6.07, 6.45) is 68.2. The van der Waals surface area contributed by atoms with Crippen LogP contribution < -0.4 is 0 Å². The van der Waals surface area contributed by atoms with Crippen molar-refractivity contribution >= 4 is 39.5 Å². The quantitative estimate of drug-likeness (QED) is 0.0222. The summed E-state index contributed by atoms with van der Waals surface area (Å²) in [5.41, 5.74) is 0. The Hall–Kier alpha value is -1.94. The average Bonchev–Trinajstić information content (AvgIpc) is 0.934. The van der Waals surface area contributed by atoms with Crippen molar-refractivity contribution in [1.82, 2.24) is 0 Å². The van der Waals surface area contributed by atoms with E-state index in [4.69, 9.17) is 37.0 Å². The van der Waals surface area contributed by atoms with Gasteiger partial charge in [-0.2, -0.15) is 0 Å². The highest BCUT2D eigenvalue weighted by molar-refractivity contribution is 7.47. The molecule has 0 aliphatic heterocycles. The van der Waals surface area contributed by atoms with Gasteiger partial charge in [0, 0.05) is 25.7 Å². The van der Waals surface area contributed by atoms with Crippen molar-refractivity contribution in [2.75, 3.05) is 39.6 Å². The van der Waals surface area contributed by atoms with Crippen molar-refractivity contribution in [3.63, 3.8) is 0 Å². The van der Waals surface area contributed by atoms with E-state index in [1.54, 1.807) is 0 Å². The van der Waals surface area contributed by atoms with Crippen molar-refractivity contribution in [2.45, 2.75) is 464 Å². The molecule has 0 amide bonds. The first-order valence-electron chi connectivity index (χ1n) is 43.1. The molecule has 0 saturated heterocycles. The standard InChI is InChI=1S/C83H162O17P2/c1-6-9-12-15-18-21-24-26-28-30-32-33-35-37-39-41-43-48-53-58-63-68-82(87)99-78(73-94-81(86)67-62-57-52-47-42-40-38-36-34-31-29-27-25-22-19-16-13-10-7-2)74-97-101(89,90)95-70-77(84)71-96-102(91,92)98-75-79(72-93-80(85)66-61-56-51-46-23-20-17-14-11-8-3)100-83(88)69-64-59-54-49-44-45-50-55-60-65-76(4)5/h76-79,84H,6-75H2,1-5H3,(H,89,90)(H,91,92)/t77-,78-,79-/m1/s1. The second-order valence-corrected chi connectivity index (χ2v) is 33.3. The predicted octanol–water partition coefficient (Wildman–Crippen LogP) is 25.2. The van der Waals surface area contributed by atoms with E-state index >= 15 is 0 Å². The zero-order valence-corrected chi connectivity index (χ0v) is 68.5. The van der Waals surface area contributed by atoms with E-state index in [1.165, 1.54) is 270 Å². The number of hydrogen-bond donors (Lipinski definition) is 3. The Morgan fingerprint density at radius 2 is 0.451 bits per heavy atom. The normalized spacial score (nSPS) is 13.8. The Balaban J connectivity index is 5.20. The van der Waals surface area contributed by atoms with Gasteiger partial charge in [0.1, 0.15) is 19.3 Å². The molecular weight excluding hydrogens is 1330 g/mol. The fourth-order valence-electron chi connectivity index (χ4n) is 12.9. The van der Waals surface area contributed by atoms with Crippen LogP contribution in [0.1, 0.15) is 446 Å². The Morgan fingerprint density at radius 3 is 0.667 bits per heavy atom. The van der Waals surface area contributed by atoms with E-state index in [0.717, 1.165) is 95.8 Å². The lowest BCUT2D eigenvalue weighted by molar-refractivity contribution is -0.161.